The summed E-state index contributed by atoms with van der Waals surface area (Å²) in [5.41, 5.74) is 1.09. The number of aliphatic imine (C=N–C) groups is 1. The number of aromatic nitrogens is 1. The van der Waals surface area contributed by atoms with Crippen molar-refractivity contribution in [1.82, 2.24) is 20.1 Å². The lowest BCUT2D eigenvalue weighted by Crippen LogP contribution is -2.50. The molecule has 3 heterocycles. The molecule has 178 valence electrons. The zero-order chi connectivity index (χ0) is 21.5. The summed E-state index contributed by atoms with van der Waals surface area (Å²) in [6.45, 7) is 8.70. The van der Waals surface area contributed by atoms with Gasteiger partial charge in [-0.1, -0.05) is 0 Å². The maximum Gasteiger partial charge on any atom is 0.225 e. The minimum Gasteiger partial charge on any atom is -0.477 e. The van der Waals surface area contributed by atoms with E-state index in [1.54, 1.807) is 6.20 Å². The molecular weight excluding hydrogens is 521 g/mol. The highest BCUT2D eigenvalue weighted by molar-refractivity contribution is 14.0. The highest BCUT2D eigenvalue weighted by Gasteiger charge is 2.30. The predicted octanol–water partition coefficient (Wildman–Crippen LogP) is 2.52. The van der Waals surface area contributed by atoms with Crippen molar-refractivity contribution in [3.63, 3.8) is 0 Å². The number of rotatable bonds is 7. The van der Waals surface area contributed by atoms with Crippen LogP contribution in [0.3, 0.4) is 0 Å². The number of piperidine rings is 1. The van der Waals surface area contributed by atoms with Gasteiger partial charge in [-0.05, 0) is 50.2 Å². The van der Waals surface area contributed by atoms with Crippen molar-refractivity contribution in [2.75, 3.05) is 52.5 Å². The van der Waals surface area contributed by atoms with Crippen molar-refractivity contribution in [2.45, 2.75) is 39.2 Å². The van der Waals surface area contributed by atoms with Gasteiger partial charge < -0.3 is 24.6 Å². The van der Waals surface area contributed by atoms with E-state index < -0.39 is 0 Å². The number of amides is 1. The molecule has 1 aromatic rings. The minimum absolute atomic E-state index is 0. The number of morpholine rings is 1. The van der Waals surface area contributed by atoms with Gasteiger partial charge in [-0.3, -0.25) is 4.79 Å². The van der Waals surface area contributed by atoms with E-state index in [4.69, 9.17) is 14.5 Å². The molecule has 0 atom stereocenters. The summed E-state index contributed by atoms with van der Waals surface area (Å²) in [4.78, 5) is 26.2. The van der Waals surface area contributed by atoms with Gasteiger partial charge in [-0.15, -0.1) is 24.0 Å². The number of carbonyl (C=O) groups is 1. The van der Waals surface area contributed by atoms with Gasteiger partial charge in [0.2, 0.25) is 11.8 Å². The molecule has 8 nitrogen and oxygen atoms in total. The Bertz CT molecular complexity index is 760. The first kappa shape index (κ1) is 25.0. The molecule has 4 rings (SSSR count). The van der Waals surface area contributed by atoms with Gasteiger partial charge in [0.25, 0.3) is 0 Å². The van der Waals surface area contributed by atoms with Crippen LogP contribution in [0.25, 0.3) is 0 Å². The lowest BCUT2D eigenvalue weighted by Gasteiger charge is -2.36. The Morgan fingerprint density at radius 1 is 1.19 bits per heavy atom. The predicted molar refractivity (Wildman–Crippen MR) is 134 cm³/mol. The van der Waals surface area contributed by atoms with Crippen LogP contribution in [0.4, 0.5) is 0 Å². The van der Waals surface area contributed by atoms with Crippen LogP contribution in [0.5, 0.6) is 5.88 Å². The van der Waals surface area contributed by atoms with E-state index in [0.29, 0.717) is 37.5 Å². The Hall–Kier alpha value is -1.62. The van der Waals surface area contributed by atoms with Crippen molar-refractivity contribution >= 4 is 35.8 Å². The van der Waals surface area contributed by atoms with Crippen molar-refractivity contribution in [2.24, 2.45) is 16.8 Å². The number of hydrogen-bond acceptors (Lipinski definition) is 5. The molecule has 3 aliphatic rings. The zero-order valence-corrected chi connectivity index (χ0v) is 21.3. The monoisotopic (exact) mass is 557 g/mol. The number of carbonyl (C=O) groups excluding carboxylic acids is 1. The first-order valence-corrected chi connectivity index (χ1v) is 11.7. The van der Waals surface area contributed by atoms with Crippen molar-refractivity contribution in [1.29, 1.82) is 0 Å². The van der Waals surface area contributed by atoms with E-state index in [0.717, 1.165) is 63.7 Å². The fourth-order valence-corrected chi connectivity index (χ4v) is 4.09. The van der Waals surface area contributed by atoms with Gasteiger partial charge in [-0.2, -0.15) is 0 Å². The summed E-state index contributed by atoms with van der Waals surface area (Å²) in [5, 5.41) is 3.41. The second-order valence-electron chi connectivity index (χ2n) is 8.63. The second kappa shape index (κ2) is 12.6. The van der Waals surface area contributed by atoms with E-state index in [9.17, 15) is 4.79 Å². The summed E-state index contributed by atoms with van der Waals surface area (Å²) in [5.74, 6) is 2.72. The molecular formula is C23H36IN5O3. The number of nitrogens with one attached hydrogen (secondary N) is 1. The van der Waals surface area contributed by atoms with Crippen LogP contribution >= 0.6 is 24.0 Å². The number of ether oxygens (including phenoxy) is 2. The molecule has 2 aliphatic heterocycles. The molecule has 1 amide bonds. The Kier molecular flexibility index (Phi) is 9.83. The van der Waals surface area contributed by atoms with Crippen molar-refractivity contribution in [3.05, 3.63) is 23.9 Å². The molecule has 1 N–H and O–H groups in total. The van der Waals surface area contributed by atoms with Crippen molar-refractivity contribution < 1.29 is 14.3 Å². The van der Waals surface area contributed by atoms with E-state index in [-0.39, 0.29) is 29.9 Å². The number of nitrogens with zero attached hydrogens (tertiary/aromatic N) is 4. The van der Waals surface area contributed by atoms with E-state index in [1.807, 2.05) is 17.0 Å². The molecule has 1 aliphatic carbocycles. The van der Waals surface area contributed by atoms with Crippen LogP contribution in [0.15, 0.2) is 23.3 Å². The Morgan fingerprint density at radius 3 is 2.62 bits per heavy atom. The normalized spacial score (nSPS) is 20.0. The van der Waals surface area contributed by atoms with E-state index in [1.165, 1.54) is 12.8 Å². The van der Waals surface area contributed by atoms with E-state index in [2.05, 4.69) is 22.1 Å². The largest absolute Gasteiger partial charge is 0.477 e. The number of likely N-dealkylation sites (tertiary alicyclic amines) is 1. The molecule has 0 bridgehead atoms. The molecule has 0 unspecified atom stereocenters. The third-order valence-electron chi connectivity index (χ3n) is 6.18. The Labute approximate surface area is 208 Å². The van der Waals surface area contributed by atoms with Crippen LogP contribution in [0.1, 0.15) is 38.2 Å². The van der Waals surface area contributed by atoms with Gasteiger partial charge in [0.05, 0.1) is 26.4 Å². The topological polar surface area (TPSA) is 79.3 Å². The van der Waals surface area contributed by atoms with Crippen LogP contribution in [-0.2, 0) is 16.1 Å². The molecule has 1 aromatic heterocycles. The van der Waals surface area contributed by atoms with Crippen LogP contribution < -0.4 is 10.1 Å². The maximum atomic E-state index is 12.8. The Morgan fingerprint density at radius 2 is 1.94 bits per heavy atom. The highest BCUT2D eigenvalue weighted by Crippen LogP contribution is 2.29. The molecule has 1 saturated carbocycles. The fourth-order valence-electron chi connectivity index (χ4n) is 4.09. The molecule has 32 heavy (non-hydrogen) atoms. The number of pyridine rings is 1. The van der Waals surface area contributed by atoms with Gasteiger partial charge in [0, 0.05) is 50.9 Å². The first-order valence-electron chi connectivity index (χ1n) is 11.7. The molecule has 9 heteroatoms. The average molecular weight is 557 g/mol. The zero-order valence-electron chi connectivity index (χ0n) is 19.0. The number of hydrogen-bond donors (Lipinski definition) is 1. The lowest BCUT2D eigenvalue weighted by molar-refractivity contribution is -0.140. The SMILES string of the molecule is CCNC(=NCc1ccnc(OCC2CC2)c1)N1CCC(C(=O)N2CCOCC2)CC1.I. The summed E-state index contributed by atoms with van der Waals surface area (Å²) < 4.78 is 11.2. The van der Waals surface area contributed by atoms with Gasteiger partial charge >= 0.3 is 0 Å². The fraction of sp³-hybridized carbons (Fsp3) is 0.696. The van der Waals surface area contributed by atoms with Gasteiger partial charge in [0.15, 0.2) is 5.96 Å². The second-order valence-corrected chi connectivity index (χ2v) is 8.63. The summed E-state index contributed by atoms with van der Waals surface area (Å²) >= 11 is 0. The minimum atomic E-state index is 0. The quantitative estimate of drug-likeness (QED) is 0.316. The molecule has 2 saturated heterocycles. The molecule has 0 spiro atoms. The number of guanidine groups is 1. The van der Waals surface area contributed by atoms with Gasteiger partial charge in [-0.25, -0.2) is 9.98 Å². The number of halogens is 1. The third kappa shape index (κ3) is 7.19. The Balaban J connectivity index is 0.00000289. The third-order valence-corrected chi connectivity index (χ3v) is 6.18. The average Bonchev–Trinajstić information content (AvgIpc) is 3.66. The smallest absolute Gasteiger partial charge is 0.225 e. The van der Waals surface area contributed by atoms with Crippen molar-refractivity contribution in [3.8, 4) is 5.88 Å². The lowest BCUT2D eigenvalue weighted by atomic mass is 9.95. The molecule has 0 aromatic carbocycles. The molecule has 3 fully saturated rings. The van der Waals surface area contributed by atoms with E-state index >= 15 is 0 Å². The summed E-state index contributed by atoms with van der Waals surface area (Å²) in [7, 11) is 0. The summed E-state index contributed by atoms with van der Waals surface area (Å²) in [6.07, 6.45) is 6.07. The molecule has 0 radical (unpaired) electrons. The van der Waals surface area contributed by atoms with Gasteiger partial charge in [0.1, 0.15) is 0 Å². The van der Waals surface area contributed by atoms with Crippen LogP contribution in [-0.4, -0.2) is 79.2 Å². The van der Waals surface area contributed by atoms with Crippen LogP contribution in [0.2, 0.25) is 0 Å². The highest BCUT2D eigenvalue weighted by atomic mass is 127. The standard InChI is InChI=1S/C23H35N5O3.HI/c1-2-24-23(26-16-19-5-8-25-21(15-19)31-17-18-3-4-18)28-9-6-20(7-10-28)22(29)27-11-13-30-14-12-27;/h5,8,15,18,20H,2-4,6-7,9-14,16-17H2,1H3,(H,24,26);1H. The summed E-state index contributed by atoms with van der Waals surface area (Å²) in [6, 6.07) is 3.98. The van der Waals surface area contributed by atoms with Crippen LogP contribution in [0, 0.1) is 11.8 Å². The first-order chi connectivity index (χ1) is 15.2. The maximum absolute atomic E-state index is 12.8.